The van der Waals surface area contributed by atoms with Crippen molar-refractivity contribution in [3.8, 4) is 0 Å². The van der Waals surface area contributed by atoms with Crippen LogP contribution in [-0.2, 0) is 19.1 Å². The van der Waals surface area contributed by atoms with Crippen LogP contribution in [0.25, 0.3) is 0 Å². The lowest BCUT2D eigenvalue weighted by atomic mass is 10.3. The van der Waals surface area contributed by atoms with Crippen molar-refractivity contribution in [1.29, 1.82) is 0 Å². The molecule has 1 amide bonds. The molecule has 0 bridgehead atoms. The first-order chi connectivity index (χ1) is 7.47. The number of hydrogen-bond acceptors (Lipinski definition) is 5. The molecule has 2 N–H and O–H groups in total. The van der Waals surface area contributed by atoms with Crippen LogP contribution in [-0.4, -0.2) is 47.1 Å². The number of ether oxygens (including phenoxy) is 1. The van der Waals surface area contributed by atoms with Gasteiger partial charge in [-0.3, -0.25) is 9.59 Å². The summed E-state index contributed by atoms with van der Waals surface area (Å²) in [5.41, 5.74) is 0. The lowest BCUT2D eigenvalue weighted by Crippen LogP contribution is -2.41. The lowest BCUT2D eigenvalue weighted by Gasteiger charge is -2.12. The highest BCUT2D eigenvalue weighted by molar-refractivity contribution is 8.00. The van der Waals surface area contributed by atoms with Crippen LogP contribution in [0.5, 0.6) is 0 Å². The zero-order valence-corrected chi connectivity index (χ0v) is 10.0. The van der Waals surface area contributed by atoms with Crippen molar-refractivity contribution in [3.63, 3.8) is 0 Å². The third-order valence-corrected chi connectivity index (χ3v) is 2.49. The van der Waals surface area contributed by atoms with E-state index in [1.165, 1.54) is 6.92 Å². The zero-order valence-electron chi connectivity index (χ0n) is 9.19. The number of amides is 1. The quantitative estimate of drug-likeness (QED) is 0.611. The fourth-order valence-electron chi connectivity index (χ4n) is 0.883. The van der Waals surface area contributed by atoms with E-state index >= 15 is 0 Å². The number of carbonyl (C=O) groups excluding carboxylic acids is 2. The summed E-state index contributed by atoms with van der Waals surface area (Å²) >= 11 is 1.11. The number of carboxylic acids is 1. The highest BCUT2D eigenvalue weighted by Crippen LogP contribution is 2.04. The maximum atomic E-state index is 10.9. The van der Waals surface area contributed by atoms with Crippen LogP contribution in [0.3, 0.4) is 0 Å². The van der Waals surface area contributed by atoms with E-state index < -0.39 is 17.9 Å². The van der Waals surface area contributed by atoms with Gasteiger partial charge in [-0.25, -0.2) is 4.79 Å². The molecule has 0 aliphatic rings. The summed E-state index contributed by atoms with van der Waals surface area (Å²) in [6, 6.07) is -0.975. The van der Waals surface area contributed by atoms with Crippen LogP contribution in [0.4, 0.5) is 0 Å². The molecule has 0 unspecified atom stereocenters. The fourth-order valence-corrected chi connectivity index (χ4v) is 1.71. The van der Waals surface area contributed by atoms with Gasteiger partial charge in [0.2, 0.25) is 5.91 Å². The second-order valence-corrected chi connectivity index (χ2v) is 3.94. The number of hydrogen-bond donors (Lipinski definition) is 2. The standard InChI is InChI=1S/C9H15NO5S/c1-3-15-8(12)5-16-4-7(9(13)14)10-6(2)11/h7H,3-5H2,1-2H3,(H,10,11)(H,13,14)/t7-/m0/s1. The van der Waals surface area contributed by atoms with Crippen molar-refractivity contribution < 1.29 is 24.2 Å². The molecule has 0 rings (SSSR count). The lowest BCUT2D eigenvalue weighted by molar-refractivity contribution is -0.141. The normalized spacial score (nSPS) is 11.6. The molecule has 1 atom stereocenters. The maximum absolute atomic E-state index is 10.9. The van der Waals surface area contributed by atoms with Crippen molar-refractivity contribution in [2.45, 2.75) is 19.9 Å². The molecule has 0 fully saturated rings. The molecule has 0 aromatic carbocycles. The summed E-state index contributed by atoms with van der Waals surface area (Å²) in [7, 11) is 0. The Balaban J connectivity index is 3.89. The monoisotopic (exact) mass is 249 g/mol. The number of thioether (sulfide) groups is 1. The molecule has 0 radical (unpaired) electrons. The first-order valence-corrected chi connectivity index (χ1v) is 5.86. The van der Waals surface area contributed by atoms with Gasteiger partial charge in [-0.05, 0) is 6.92 Å². The molecule has 0 aromatic rings. The molecule has 0 aliphatic carbocycles. The summed E-state index contributed by atoms with van der Waals surface area (Å²) in [4.78, 5) is 32.3. The first-order valence-electron chi connectivity index (χ1n) is 4.70. The Morgan fingerprint density at radius 2 is 2.06 bits per heavy atom. The summed E-state index contributed by atoms with van der Waals surface area (Å²) in [6.45, 7) is 3.24. The van der Waals surface area contributed by atoms with Crippen molar-refractivity contribution in [2.75, 3.05) is 18.1 Å². The van der Waals surface area contributed by atoms with Crippen LogP contribution in [0.2, 0.25) is 0 Å². The maximum Gasteiger partial charge on any atom is 0.327 e. The van der Waals surface area contributed by atoms with Gasteiger partial charge in [-0.2, -0.15) is 0 Å². The van der Waals surface area contributed by atoms with Crippen LogP contribution in [0.15, 0.2) is 0 Å². The summed E-state index contributed by atoms with van der Waals surface area (Å²) in [6.07, 6.45) is 0. The van der Waals surface area contributed by atoms with E-state index in [0.717, 1.165) is 11.8 Å². The number of rotatable bonds is 7. The molecule has 0 heterocycles. The molecule has 16 heavy (non-hydrogen) atoms. The molecule has 92 valence electrons. The highest BCUT2D eigenvalue weighted by Gasteiger charge is 2.18. The van der Waals surface area contributed by atoms with Crippen LogP contribution in [0, 0.1) is 0 Å². The van der Waals surface area contributed by atoms with Crippen LogP contribution in [0.1, 0.15) is 13.8 Å². The molecular formula is C9H15NO5S. The van der Waals surface area contributed by atoms with Gasteiger partial charge in [0.1, 0.15) is 6.04 Å². The van der Waals surface area contributed by atoms with Gasteiger partial charge in [-0.1, -0.05) is 0 Å². The van der Waals surface area contributed by atoms with Crippen molar-refractivity contribution in [1.82, 2.24) is 5.32 Å². The number of nitrogens with one attached hydrogen (secondary N) is 1. The van der Waals surface area contributed by atoms with Crippen molar-refractivity contribution in [2.24, 2.45) is 0 Å². The third-order valence-electron chi connectivity index (χ3n) is 1.49. The molecule has 0 saturated carbocycles. The van der Waals surface area contributed by atoms with Crippen molar-refractivity contribution >= 4 is 29.6 Å². The third kappa shape index (κ3) is 7.10. The van der Waals surface area contributed by atoms with Crippen LogP contribution < -0.4 is 5.32 Å². The minimum atomic E-state index is -1.12. The Kier molecular flexibility index (Phi) is 7.36. The second-order valence-electron chi connectivity index (χ2n) is 2.91. The Bertz CT molecular complexity index is 269. The molecule has 6 nitrogen and oxygen atoms in total. The number of carbonyl (C=O) groups is 3. The average molecular weight is 249 g/mol. The average Bonchev–Trinajstić information content (AvgIpc) is 2.15. The smallest absolute Gasteiger partial charge is 0.327 e. The summed E-state index contributed by atoms with van der Waals surface area (Å²) in [5, 5.41) is 11.0. The fraction of sp³-hybridized carbons (Fsp3) is 0.667. The molecule has 0 aromatic heterocycles. The van der Waals surface area contributed by atoms with Gasteiger partial charge in [0.05, 0.1) is 12.4 Å². The minimum absolute atomic E-state index is 0.0806. The largest absolute Gasteiger partial charge is 0.480 e. The van der Waals surface area contributed by atoms with Gasteiger partial charge in [0.15, 0.2) is 0 Å². The molecule has 0 aliphatic heterocycles. The second kappa shape index (κ2) is 7.98. The van der Waals surface area contributed by atoms with Gasteiger partial charge in [0.25, 0.3) is 0 Å². The Hall–Kier alpha value is -1.24. The molecule has 7 heteroatoms. The van der Waals surface area contributed by atoms with E-state index in [-0.39, 0.29) is 17.5 Å². The van der Waals surface area contributed by atoms with Crippen molar-refractivity contribution in [3.05, 3.63) is 0 Å². The summed E-state index contributed by atoms with van der Waals surface area (Å²) in [5.74, 6) is -1.71. The number of aliphatic carboxylic acids is 1. The van der Waals surface area contributed by atoms with Gasteiger partial charge >= 0.3 is 11.9 Å². The van der Waals surface area contributed by atoms with E-state index in [1.54, 1.807) is 6.92 Å². The molecule has 0 spiro atoms. The van der Waals surface area contributed by atoms with E-state index in [9.17, 15) is 14.4 Å². The topological polar surface area (TPSA) is 92.7 Å². The number of esters is 1. The van der Waals surface area contributed by atoms with E-state index in [4.69, 9.17) is 5.11 Å². The van der Waals surface area contributed by atoms with Gasteiger partial charge in [-0.15, -0.1) is 11.8 Å². The Labute approximate surface area is 97.7 Å². The van der Waals surface area contributed by atoms with E-state index in [2.05, 4.69) is 10.1 Å². The highest BCUT2D eigenvalue weighted by atomic mass is 32.2. The SMILES string of the molecule is CCOC(=O)CSC[C@H](NC(C)=O)C(=O)O. The van der Waals surface area contributed by atoms with Gasteiger partial charge < -0.3 is 15.2 Å². The van der Waals surface area contributed by atoms with E-state index in [0.29, 0.717) is 6.61 Å². The Morgan fingerprint density at radius 3 is 2.50 bits per heavy atom. The van der Waals surface area contributed by atoms with Crippen LogP contribution >= 0.6 is 11.8 Å². The molecule has 0 saturated heterocycles. The zero-order chi connectivity index (χ0) is 12.6. The molecular weight excluding hydrogens is 234 g/mol. The Morgan fingerprint density at radius 1 is 1.44 bits per heavy atom. The van der Waals surface area contributed by atoms with E-state index in [1.807, 2.05) is 0 Å². The number of carboxylic acid groups (broad SMARTS) is 1. The van der Waals surface area contributed by atoms with Gasteiger partial charge in [0, 0.05) is 12.7 Å². The predicted molar refractivity (Wildman–Crippen MR) is 59.2 cm³/mol. The first kappa shape index (κ1) is 14.8. The summed E-state index contributed by atoms with van der Waals surface area (Å²) < 4.78 is 4.67. The predicted octanol–water partition coefficient (Wildman–Crippen LogP) is -0.128. The minimum Gasteiger partial charge on any atom is -0.480 e.